The molecule has 1 aromatic heterocycles. The zero-order valence-electron chi connectivity index (χ0n) is 20.5. The van der Waals surface area contributed by atoms with E-state index in [0.29, 0.717) is 36.7 Å². The third-order valence-electron chi connectivity index (χ3n) is 5.61. The number of fused-ring (bicyclic) bond motifs is 1. The molecule has 34 heavy (non-hydrogen) atoms. The molecule has 0 fully saturated rings. The van der Waals surface area contributed by atoms with Crippen molar-refractivity contribution in [2.75, 3.05) is 26.8 Å². The Morgan fingerprint density at radius 3 is 2.50 bits per heavy atom. The molecule has 0 atom stereocenters. The summed E-state index contributed by atoms with van der Waals surface area (Å²) < 4.78 is 35.5. The van der Waals surface area contributed by atoms with Crippen molar-refractivity contribution in [3.05, 3.63) is 57.9 Å². The second-order valence-corrected chi connectivity index (χ2v) is 11.3. The summed E-state index contributed by atoms with van der Waals surface area (Å²) in [6.45, 7) is 10.3. The van der Waals surface area contributed by atoms with Crippen LogP contribution in [0, 0.1) is 13.8 Å². The smallest absolute Gasteiger partial charge is 0.279 e. The molecular weight excluding hydrogens is 470 g/mol. The molecule has 0 aliphatic heterocycles. The van der Waals surface area contributed by atoms with Crippen molar-refractivity contribution in [1.82, 2.24) is 8.87 Å². The molecule has 184 valence electrons. The van der Waals surface area contributed by atoms with Crippen molar-refractivity contribution in [3.8, 4) is 0 Å². The highest BCUT2D eigenvalue weighted by atomic mass is 32.2. The number of carbonyl (C=O) groups is 1. The first kappa shape index (κ1) is 26.3. The lowest BCUT2D eigenvalue weighted by Gasteiger charge is -2.16. The average Bonchev–Trinajstić information content (AvgIpc) is 3.14. The van der Waals surface area contributed by atoms with Gasteiger partial charge in [-0.25, -0.2) is 12.7 Å². The predicted octanol–water partition coefficient (Wildman–Crippen LogP) is 4.52. The summed E-state index contributed by atoms with van der Waals surface area (Å²) in [5.74, 6) is -0.408. The lowest BCUT2D eigenvalue weighted by Crippen LogP contribution is -2.27. The van der Waals surface area contributed by atoms with Gasteiger partial charge in [-0.15, -0.1) is 0 Å². The minimum Gasteiger partial charge on any atom is -0.380 e. The van der Waals surface area contributed by atoms with Crippen molar-refractivity contribution in [2.45, 2.75) is 52.0 Å². The van der Waals surface area contributed by atoms with E-state index < -0.39 is 15.9 Å². The number of aromatic nitrogens is 1. The number of rotatable bonds is 10. The van der Waals surface area contributed by atoms with Crippen LogP contribution in [0.25, 0.3) is 10.2 Å². The molecule has 2 aromatic carbocycles. The van der Waals surface area contributed by atoms with Gasteiger partial charge in [0, 0.05) is 32.3 Å². The SMILES string of the molecule is CCCCN(C)S(=O)(=O)c1ccc(C(=O)N=c2sc3c(C)cc(C)cc3n2CCOCC)cc1. The maximum Gasteiger partial charge on any atom is 0.279 e. The molecule has 0 bridgehead atoms. The van der Waals surface area contributed by atoms with Gasteiger partial charge < -0.3 is 9.30 Å². The van der Waals surface area contributed by atoms with Crippen LogP contribution in [-0.4, -0.2) is 50.0 Å². The molecule has 1 amide bonds. The summed E-state index contributed by atoms with van der Waals surface area (Å²) in [6.07, 6.45) is 1.71. The van der Waals surface area contributed by atoms with E-state index in [0.717, 1.165) is 34.2 Å². The number of unbranched alkanes of at least 4 members (excludes halogenated alkanes) is 1. The van der Waals surface area contributed by atoms with Crippen LogP contribution in [0.5, 0.6) is 0 Å². The third-order valence-corrected chi connectivity index (χ3v) is 8.71. The fourth-order valence-electron chi connectivity index (χ4n) is 3.72. The summed E-state index contributed by atoms with van der Waals surface area (Å²) in [7, 11) is -2.01. The maximum atomic E-state index is 13.0. The molecule has 7 nitrogen and oxygen atoms in total. The number of carbonyl (C=O) groups excluding carboxylic acids is 1. The summed E-state index contributed by atoms with van der Waals surface area (Å²) >= 11 is 1.48. The minimum atomic E-state index is -3.58. The maximum absolute atomic E-state index is 13.0. The van der Waals surface area contributed by atoms with Crippen LogP contribution in [0.4, 0.5) is 0 Å². The van der Waals surface area contributed by atoms with Crippen molar-refractivity contribution >= 4 is 37.5 Å². The summed E-state index contributed by atoms with van der Waals surface area (Å²) in [4.78, 5) is 18.2. The second kappa shape index (κ2) is 11.4. The molecule has 0 aliphatic rings. The number of hydrogen-bond donors (Lipinski definition) is 0. The zero-order chi connectivity index (χ0) is 24.9. The Morgan fingerprint density at radius 2 is 1.85 bits per heavy atom. The number of aryl methyl sites for hydroxylation is 2. The van der Waals surface area contributed by atoms with Crippen molar-refractivity contribution in [1.29, 1.82) is 0 Å². The van der Waals surface area contributed by atoms with Crippen LogP contribution < -0.4 is 4.80 Å². The van der Waals surface area contributed by atoms with Crippen molar-refractivity contribution < 1.29 is 17.9 Å². The van der Waals surface area contributed by atoms with Gasteiger partial charge in [-0.2, -0.15) is 4.99 Å². The Kier molecular flexibility index (Phi) is 8.81. The van der Waals surface area contributed by atoms with E-state index in [4.69, 9.17) is 4.74 Å². The Balaban J connectivity index is 1.95. The quantitative estimate of drug-likeness (QED) is 0.381. The number of amides is 1. The first-order valence-electron chi connectivity index (χ1n) is 11.5. The lowest BCUT2D eigenvalue weighted by molar-refractivity contribution is 0.0996. The summed E-state index contributed by atoms with van der Waals surface area (Å²) in [5.41, 5.74) is 3.66. The second-order valence-electron chi connectivity index (χ2n) is 8.28. The molecule has 0 spiro atoms. The Bertz CT molecular complexity index is 1320. The van der Waals surface area contributed by atoms with Crippen LogP contribution in [0.3, 0.4) is 0 Å². The number of hydrogen-bond acceptors (Lipinski definition) is 5. The topological polar surface area (TPSA) is 81.0 Å². The van der Waals surface area contributed by atoms with Crippen LogP contribution in [-0.2, 0) is 21.3 Å². The van der Waals surface area contributed by atoms with E-state index in [1.807, 2.05) is 25.3 Å². The fraction of sp³-hybridized carbons (Fsp3) is 0.440. The van der Waals surface area contributed by atoms with E-state index in [9.17, 15) is 13.2 Å². The number of thiazole rings is 1. The molecule has 0 N–H and O–H groups in total. The predicted molar refractivity (Wildman–Crippen MR) is 137 cm³/mol. The molecule has 3 rings (SSSR count). The molecule has 3 aromatic rings. The molecule has 9 heteroatoms. The van der Waals surface area contributed by atoms with E-state index >= 15 is 0 Å². The molecule has 1 heterocycles. The highest BCUT2D eigenvalue weighted by Crippen LogP contribution is 2.24. The lowest BCUT2D eigenvalue weighted by atomic mass is 10.1. The standard InChI is InChI=1S/C25H33N3O4S2/c1-6-8-13-27(5)34(30,31)21-11-9-20(10-12-21)24(29)26-25-28(14-15-32-7-2)22-17-18(3)16-19(4)23(22)33-25/h9-12,16-17H,6-8,13-15H2,1-5H3. The van der Waals surface area contributed by atoms with Crippen LogP contribution >= 0.6 is 11.3 Å². The highest BCUT2D eigenvalue weighted by molar-refractivity contribution is 7.89. The van der Waals surface area contributed by atoms with Gasteiger partial charge in [0.15, 0.2) is 4.80 Å². The Hall–Kier alpha value is -2.33. The van der Waals surface area contributed by atoms with E-state index in [2.05, 4.69) is 24.0 Å². The van der Waals surface area contributed by atoms with E-state index in [-0.39, 0.29) is 4.90 Å². The van der Waals surface area contributed by atoms with Gasteiger partial charge in [0.05, 0.1) is 21.7 Å². The van der Waals surface area contributed by atoms with Gasteiger partial charge >= 0.3 is 0 Å². The monoisotopic (exact) mass is 503 g/mol. The number of benzene rings is 2. The van der Waals surface area contributed by atoms with Crippen LogP contribution in [0.2, 0.25) is 0 Å². The minimum absolute atomic E-state index is 0.169. The Morgan fingerprint density at radius 1 is 1.15 bits per heavy atom. The van der Waals surface area contributed by atoms with Crippen LogP contribution in [0.1, 0.15) is 48.2 Å². The number of sulfonamides is 1. The zero-order valence-corrected chi connectivity index (χ0v) is 22.1. The molecular formula is C25H33N3O4S2. The first-order valence-corrected chi connectivity index (χ1v) is 13.8. The number of nitrogens with zero attached hydrogens (tertiary/aromatic N) is 3. The molecule has 0 radical (unpaired) electrons. The van der Waals surface area contributed by atoms with Crippen molar-refractivity contribution in [2.24, 2.45) is 4.99 Å². The van der Waals surface area contributed by atoms with E-state index in [1.54, 1.807) is 7.05 Å². The Labute approximate surface area is 205 Å². The highest BCUT2D eigenvalue weighted by Gasteiger charge is 2.20. The van der Waals surface area contributed by atoms with Gasteiger partial charge in [-0.3, -0.25) is 4.79 Å². The third kappa shape index (κ3) is 5.83. The normalized spacial score (nSPS) is 12.7. The molecule has 0 aliphatic carbocycles. The first-order chi connectivity index (χ1) is 16.2. The summed E-state index contributed by atoms with van der Waals surface area (Å²) in [5, 5.41) is 0. The van der Waals surface area contributed by atoms with Gasteiger partial charge in [0.2, 0.25) is 10.0 Å². The number of ether oxygens (including phenoxy) is 1. The van der Waals surface area contributed by atoms with Crippen molar-refractivity contribution in [3.63, 3.8) is 0 Å². The van der Waals surface area contributed by atoms with E-state index in [1.165, 1.54) is 39.9 Å². The van der Waals surface area contributed by atoms with Crippen LogP contribution in [0.15, 0.2) is 46.3 Å². The molecule has 0 saturated carbocycles. The molecule has 0 saturated heterocycles. The molecule has 0 unspecified atom stereocenters. The van der Waals surface area contributed by atoms with Gasteiger partial charge in [-0.1, -0.05) is 30.7 Å². The average molecular weight is 504 g/mol. The van der Waals surface area contributed by atoms with Gasteiger partial charge in [0.25, 0.3) is 5.91 Å². The van der Waals surface area contributed by atoms with Gasteiger partial charge in [0.1, 0.15) is 0 Å². The largest absolute Gasteiger partial charge is 0.380 e. The fourth-order valence-corrected chi connectivity index (χ4v) is 6.03. The summed E-state index contributed by atoms with van der Waals surface area (Å²) in [6, 6.07) is 10.2. The van der Waals surface area contributed by atoms with Gasteiger partial charge in [-0.05, 0) is 68.7 Å².